The highest BCUT2D eigenvalue weighted by atomic mass is 19.4. The van der Waals surface area contributed by atoms with Crippen LogP contribution in [0.15, 0.2) is 54.6 Å². The van der Waals surface area contributed by atoms with Crippen LogP contribution in [-0.4, -0.2) is 24.2 Å². The maximum absolute atomic E-state index is 12.1. The van der Waals surface area contributed by atoms with E-state index in [1.807, 2.05) is 0 Å². The summed E-state index contributed by atoms with van der Waals surface area (Å²) in [6.45, 7) is 1.68. The Kier molecular flexibility index (Phi) is 6.21. The van der Waals surface area contributed by atoms with Crippen molar-refractivity contribution in [3.05, 3.63) is 60.2 Å². The number of ether oxygens (including phenoxy) is 1. The number of anilines is 1. The van der Waals surface area contributed by atoms with Gasteiger partial charge in [-0.25, -0.2) is 0 Å². The first-order chi connectivity index (χ1) is 12.2. The first-order valence-corrected chi connectivity index (χ1v) is 7.74. The molecule has 2 N–H and O–H groups in total. The van der Waals surface area contributed by atoms with Crippen molar-refractivity contribution in [2.75, 3.05) is 5.32 Å². The average molecular weight is 366 g/mol. The van der Waals surface area contributed by atoms with Crippen LogP contribution < -0.4 is 15.4 Å². The van der Waals surface area contributed by atoms with Crippen LogP contribution >= 0.6 is 0 Å². The predicted molar refractivity (Wildman–Crippen MR) is 89.7 cm³/mol. The average Bonchev–Trinajstić information content (AvgIpc) is 2.56. The van der Waals surface area contributed by atoms with E-state index in [1.165, 1.54) is 12.1 Å². The number of amides is 2. The largest absolute Gasteiger partial charge is 0.573 e. The number of halogens is 3. The Bertz CT molecular complexity index is 747. The molecule has 2 amide bonds. The molecule has 0 radical (unpaired) electrons. The highest BCUT2D eigenvalue weighted by Gasteiger charge is 2.30. The van der Waals surface area contributed by atoms with Crippen molar-refractivity contribution in [2.24, 2.45) is 0 Å². The van der Waals surface area contributed by atoms with Crippen molar-refractivity contribution < 1.29 is 27.5 Å². The van der Waals surface area contributed by atoms with Gasteiger partial charge >= 0.3 is 6.36 Å². The van der Waals surface area contributed by atoms with Crippen LogP contribution in [0.3, 0.4) is 0 Å². The molecular formula is C18H17F3N2O3. The van der Waals surface area contributed by atoms with E-state index in [4.69, 9.17) is 0 Å². The van der Waals surface area contributed by atoms with E-state index in [1.54, 1.807) is 37.3 Å². The lowest BCUT2D eigenvalue weighted by Crippen LogP contribution is -2.35. The van der Waals surface area contributed by atoms with E-state index < -0.39 is 12.4 Å². The molecule has 0 aliphatic rings. The number of carbonyl (C=O) groups is 2. The van der Waals surface area contributed by atoms with Gasteiger partial charge in [-0.15, -0.1) is 13.2 Å². The Morgan fingerprint density at radius 3 is 2.23 bits per heavy atom. The first kappa shape index (κ1) is 19.3. The molecule has 2 aromatic carbocycles. The Labute approximate surface area is 148 Å². The third-order valence-corrected chi connectivity index (χ3v) is 3.28. The van der Waals surface area contributed by atoms with Crippen LogP contribution in [-0.2, 0) is 4.79 Å². The topological polar surface area (TPSA) is 67.4 Å². The number of benzene rings is 2. The number of rotatable bonds is 6. The highest BCUT2D eigenvalue weighted by molar-refractivity contribution is 5.95. The molecule has 0 saturated heterocycles. The van der Waals surface area contributed by atoms with E-state index in [9.17, 15) is 22.8 Å². The zero-order chi connectivity index (χ0) is 19.2. The molecule has 0 spiro atoms. The molecule has 0 aliphatic carbocycles. The minimum atomic E-state index is -4.77. The van der Waals surface area contributed by atoms with Crippen molar-refractivity contribution in [2.45, 2.75) is 25.7 Å². The maximum Gasteiger partial charge on any atom is 0.573 e. The van der Waals surface area contributed by atoms with Crippen LogP contribution in [0.5, 0.6) is 5.75 Å². The fourth-order valence-corrected chi connectivity index (χ4v) is 2.18. The lowest BCUT2D eigenvalue weighted by molar-refractivity contribution is -0.274. The van der Waals surface area contributed by atoms with Gasteiger partial charge in [-0.3, -0.25) is 9.59 Å². The Balaban J connectivity index is 1.83. The van der Waals surface area contributed by atoms with E-state index in [2.05, 4.69) is 15.4 Å². The third-order valence-electron chi connectivity index (χ3n) is 3.28. The van der Waals surface area contributed by atoms with Crippen LogP contribution in [0.4, 0.5) is 18.9 Å². The lowest BCUT2D eigenvalue weighted by Gasteiger charge is -2.14. The molecule has 0 fully saturated rings. The van der Waals surface area contributed by atoms with Crippen LogP contribution in [0.2, 0.25) is 0 Å². The van der Waals surface area contributed by atoms with Crippen molar-refractivity contribution in [3.8, 4) is 5.75 Å². The monoisotopic (exact) mass is 366 g/mol. The molecule has 1 unspecified atom stereocenters. The fourth-order valence-electron chi connectivity index (χ4n) is 2.18. The van der Waals surface area contributed by atoms with E-state index in [0.29, 0.717) is 11.3 Å². The van der Waals surface area contributed by atoms with Crippen LogP contribution in [0.1, 0.15) is 23.7 Å². The predicted octanol–water partition coefficient (Wildman–Crippen LogP) is 3.73. The number of hydrogen-bond acceptors (Lipinski definition) is 3. The van der Waals surface area contributed by atoms with Gasteiger partial charge in [0, 0.05) is 23.7 Å². The number of hydrogen-bond donors (Lipinski definition) is 2. The standard InChI is InChI=1S/C18H17F3N2O3/c1-12(22-17(25)13-5-3-2-4-6-13)11-16(24)23-14-7-9-15(10-8-14)26-18(19,20)21/h2-10,12H,11H2,1H3,(H,22,25)(H,23,24). The zero-order valence-electron chi connectivity index (χ0n) is 13.8. The molecule has 0 aliphatic heterocycles. The quantitative estimate of drug-likeness (QED) is 0.819. The molecule has 1 atom stereocenters. The van der Waals surface area contributed by atoms with Gasteiger partial charge in [0.2, 0.25) is 5.91 Å². The number of nitrogens with one attached hydrogen (secondary N) is 2. The Morgan fingerprint density at radius 1 is 1.04 bits per heavy atom. The van der Waals surface area contributed by atoms with Gasteiger partial charge in [0.05, 0.1) is 0 Å². The molecular weight excluding hydrogens is 349 g/mol. The van der Waals surface area contributed by atoms with Crippen LogP contribution in [0.25, 0.3) is 0 Å². The molecule has 0 heterocycles. The summed E-state index contributed by atoms with van der Waals surface area (Å²) in [5.74, 6) is -1.05. The first-order valence-electron chi connectivity index (χ1n) is 7.74. The van der Waals surface area contributed by atoms with Gasteiger partial charge in [-0.05, 0) is 43.3 Å². The Hall–Kier alpha value is -3.03. The van der Waals surface area contributed by atoms with Crippen LogP contribution in [0, 0.1) is 0 Å². The van der Waals surface area contributed by atoms with Crippen molar-refractivity contribution >= 4 is 17.5 Å². The summed E-state index contributed by atoms with van der Waals surface area (Å²) in [4.78, 5) is 24.0. The van der Waals surface area contributed by atoms with Gasteiger partial charge in [0.15, 0.2) is 0 Å². The second-order valence-electron chi connectivity index (χ2n) is 5.57. The van der Waals surface area contributed by atoms with Gasteiger partial charge in [-0.2, -0.15) is 0 Å². The molecule has 8 heteroatoms. The van der Waals surface area contributed by atoms with Crippen molar-refractivity contribution in [1.82, 2.24) is 5.32 Å². The second kappa shape index (κ2) is 8.37. The molecule has 0 saturated carbocycles. The summed E-state index contributed by atoms with van der Waals surface area (Å²) in [5, 5.41) is 5.25. The second-order valence-corrected chi connectivity index (χ2v) is 5.57. The van der Waals surface area contributed by atoms with Crippen molar-refractivity contribution in [1.29, 1.82) is 0 Å². The summed E-state index contributed by atoms with van der Waals surface area (Å²) in [6.07, 6.45) is -4.75. The third kappa shape index (κ3) is 6.46. The summed E-state index contributed by atoms with van der Waals surface area (Å²) < 4.78 is 40.0. The molecule has 0 bridgehead atoms. The fraction of sp³-hybridized carbons (Fsp3) is 0.222. The molecule has 0 aromatic heterocycles. The molecule has 5 nitrogen and oxygen atoms in total. The lowest BCUT2D eigenvalue weighted by atomic mass is 10.1. The maximum atomic E-state index is 12.1. The van der Waals surface area contributed by atoms with Gasteiger partial charge in [0.1, 0.15) is 5.75 Å². The SMILES string of the molecule is CC(CC(=O)Nc1ccc(OC(F)(F)F)cc1)NC(=O)c1ccccc1. The van der Waals surface area contributed by atoms with Gasteiger partial charge in [-0.1, -0.05) is 18.2 Å². The van der Waals surface area contributed by atoms with E-state index in [0.717, 1.165) is 12.1 Å². The molecule has 2 aromatic rings. The van der Waals surface area contributed by atoms with E-state index >= 15 is 0 Å². The summed E-state index contributed by atoms with van der Waals surface area (Å²) in [7, 11) is 0. The van der Waals surface area contributed by atoms with Gasteiger partial charge < -0.3 is 15.4 Å². The smallest absolute Gasteiger partial charge is 0.406 e. The van der Waals surface area contributed by atoms with Gasteiger partial charge in [0.25, 0.3) is 5.91 Å². The highest BCUT2D eigenvalue weighted by Crippen LogP contribution is 2.24. The summed E-state index contributed by atoms with van der Waals surface area (Å²) in [5.41, 5.74) is 0.811. The zero-order valence-corrected chi connectivity index (χ0v) is 13.8. The normalized spacial score (nSPS) is 12.2. The molecule has 26 heavy (non-hydrogen) atoms. The Morgan fingerprint density at radius 2 is 1.65 bits per heavy atom. The number of carbonyl (C=O) groups excluding carboxylic acids is 2. The molecule has 2 rings (SSSR count). The summed E-state index contributed by atoms with van der Waals surface area (Å²) >= 11 is 0. The minimum Gasteiger partial charge on any atom is -0.406 e. The van der Waals surface area contributed by atoms with E-state index in [-0.39, 0.29) is 24.0 Å². The summed E-state index contributed by atoms with van der Waals surface area (Å²) in [6, 6.07) is 13.0. The van der Waals surface area contributed by atoms with Crippen molar-refractivity contribution in [3.63, 3.8) is 0 Å². The molecule has 138 valence electrons. The minimum absolute atomic E-state index is 0.0133. The number of alkyl halides is 3.